The molecule has 0 atom stereocenters. The minimum atomic E-state index is -2.17. The van der Waals surface area contributed by atoms with Crippen molar-refractivity contribution in [2.75, 3.05) is 11.9 Å². The Morgan fingerprint density at radius 1 is 1.67 bits per heavy atom. The molecule has 0 spiro atoms. The molecule has 0 aromatic carbocycles. The molecular formula is C6H7N5S. The van der Waals surface area contributed by atoms with E-state index in [9.17, 15) is 0 Å². The lowest BCUT2D eigenvalue weighted by Crippen LogP contribution is -1.96. The SMILES string of the molecule is [2H]C([2H])([2H])Sc1nc(N)nc2nc[nH]c12. The molecular weight excluding hydrogens is 174 g/mol. The molecule has 0 aliphatic heterocycles. The maximum Gasteiger partial charge on any atom is 0.223 e. The second kappa shape index (κ2) is 2.63. The zero-order valence-electron chi connectivity index (χ0n) is 8.90. The van der Waals surface area contributed by atoms with Gasteiger partial charge in [0.2, 0.25) is 5.95 Å². The smallest absolute Gasteiger partial charge is 0.223 e. The van der Waals surface area contributed by atoms with Gasteiger partial charge < -0.3 is 10.7 Å². The molecule has 0 fully saturated rings. The van der Waals surface area contributed by atoms with Crippen LogP contribution in [0.15, 0.2) is 11.4 Å². The Morgan fingerprint density at radius 2 is 2.58 bits per heavy atom. The van der Waals surface area contributed by atoms with Crippen molar-refractivity contribution in [3.8, 4) is 0 Å². The van der Waals surface area contributed by atoms with E-state index in [0.29, 0.717) is 22.9 Å². The van der Waals surface area contributed by atoms with Crippen LogP contribution in [0.2, 0.25) is 0 Å². The Morgan fingerprint density at radius 3 is 3.42 bits per heavy atom. The third kappa shape index (κ3) is 1.00. The van der Waals surface area contributed by atoms with Crippen molar-refractivity contribution >= 4 is 28.9 Å². The molecule has 0 aliphatic carbocycles. The van der Waals surface area contributed by atoms with Gasteiger partial charge >= 0.3 is 0 Å². The van der Waals surface area contributed by atoms with Crippen molar-refractivity contribution in [1.82, 2.24) is 19.9 Å². The first kappa shape index (κ1) is 4.66. The summed E-state index contributed by atoms with van der Waals surface area (Å²) in [5.74, 6) is 0.0151. The number of thioether (sulfide) groups is 1. The van der Waals surface area contributed by atoms with Crippen LogP contribution in [-0.2, 0) is 0 Å². The molecule has 0 amide bonds. The van der Waals surface area contributed by atoms with Gasteiger partial charge in [0.15, 0.2) is 5.65 Å². The maximum atomic E-state index is 7.13. The number of aromatic nitrogens is 4. The van der Waals surface area contributed by atoms with Crippen LogP contribution in [0.4, 0.5) is 5.95 Å². The summed E-state index contributed by atoms with van der Waals surface area (Å²) in [4.78, 5) is 14.4. The van der Waals surface area contributed by atoms with Crippen LogP contribution in [-0.4, -0.2) is 26.1 Å². The molecule has 0 saturated carbocycles. The van der Waals surface area contributed by atoms with E-state index in [2.05, 4.69) is 19.9 Å². The van der Waals surface area contributed by atoms with Crippen LogP contribution in [0.5, 0.6) is 0 Å². The van der Waals surface area contributed by atoms with E-state index in [0.717, 1.165) is 0 Å². The molecule has 12 heavy (non-hydrogen) atoms. The molecule has 2 aromatic heterocycles. The topological polar surface area (TPSA) is 80.5 Å². The summed E-state index contributed by atoms with van der Waals surface area (Å²) in [5.41, 5.74) is 6.29. The van der Waals surface area contributed by atoms with E-state index in [1.807, 2.05) is 0 Å². The molecule has 0 unspecified atom stereocenters. The van der Waals surface area contributed by atoms with Crippen LogP contribution in [0.3, 0.4) is 0 Å². The molecule has 0 bridgehead atoms. The number of imidazole rings is 1. The van der Waals surface area contributed by atoms with Gasteiger partial charge in [0.05, 0.1) is 6.33 Å². The zero-order valence-corrected chi connectivity index (χ0v) is 6.72. The molecule has 0 aliphatic rings. The quantitative estimate of drug-likeness (QED) is 0.502. The predicted molar refractivity (Wildman–Crippen MR) is 47.9 cm³/mol. The first-order valence-electron chi connectivity index (χ1n) is 4.61. The third-order valence-electron chi connectivity index (χ3n) is 1.37. The van der Waals surface area contributed by atoms with Crippen molar-refractivity contribution in [3.63, 3.8) is 0 Å². The summed E-state index contributed by atoms with van der Waals surface area (Å²) in [6.07, 6.45) is -0.749. The van der Waals surface area contributed by atoms with E-state index in [1.54, 1.807) is 0 Å². The molecule has 0 saturated heterocycles. The van der Waals surface area contributed by atoms with Gasteiger partial charge in [-0.2, -0.15) is 4.98 Å². The number of nitrogens with two attached hydrogens (primary N) is 1. The fourth-order valence-electron chi connectivity index (χ4n) is 0.897. The summed E-state index contributed by atoms with van der Waals surface area (Å²) in [6, 6.07) is 0. The molecule has 2 rings (SSSR count). The van der Waals surface area contributed by atoms with Crippen LogP contribution in [0, 0.1) is 0 Å². The van der Waals surface area contributed by atoms with Crippen LogP contribution in [0.25, 0.3) is 11.2 Å². The van der Waals surface area contributed by atoms with E-state index in [-0.39, 0.29) is 11.0 Å². The highest BCUT2D eigenvalue weighted by molar-refractivity contribution is 7.98. The van der Waals surface area contributed by atoms with Crippen LogP contribution in [0.1, 0.15) is 4.11 Å². The van der Waals surface area contributed by atoms with Crippen molar-refractivity contribution in [3.05, 3.63) is 6.33 Å². The van der Waals surface area contributed by atoms with Crippen molar-refractivity contribution < 1.29 is 4.11 Å². The fraction of sp³-hybridized carbons (Fsp3) is 0.167. The van der Waals surface area contributed by atoms with E-state index in [4.69, 9.17) is 9.85 Å². The largest absolute Gasteiger partial charge is 0.368 e. The minimum Gasteiger partial charge on any atom is -0.368 e. The highest BCUT2D eigenvalue weighted by Crippen LogP contribution is 2.20. The highest BCUT2D eigenvalue weighted by atomic mass is 32.2. The average Bonchev–Trinajstić information content (AvgIpc) is 2.48. The lowest BCUT2D eigenvalue weighted by Gasteiger charge is -1.97. The van der Waals surface area contributed by atoms with Gasteiger partial charge in [-0.1, -0.05) is 0 Å². The van der Waals surface area contributed by atoms with Gasteiger partial charge in [0.25, 0.3) is 0 Å². The van der Waals surface area contributed by atoms with Gasteiger partial charge in [-0.3, -0.25) is 0 Å². The normalized spacial score (nSPS) is 15.5. The van der Waals surface area contributed by atoms with E-state index < -0.39 is 6.18 Å². The number of hydrogen-bond acceptors (Lipinski definition) is 5. The Kier molecular flexibility index (Phi) is 1.02. The number of hydrogen-bond donors (Lipinski definition) is 2. The Balaban J connectivity index is 2.53. The van der Waals surface area contributed by atoms with Gasteiger partial charge in [0, 0.05) is 4.11 Å². The maximum absolute atomic E-state index is 7.13. The van der Waals surface area contributed by atoms with Gasteiger partial charge in [0.1, 0.15) is 10.5 Å². The number of nitrogens with one attached hydrogen (secondary N) is 1. The average molecular weight is 184 g/mol. The second-order valence-corrected chi connectivity index (χ2v) is 2.68. The van der Waals surface area contributed by atoms with Crippen molar-refractivity contribution in [2.45, 2.75) is 5.03 Å². The number of nitrogens with zero attached hydrogens (tertiary/aromatic N) is 3. The minimum absolute atomic E-state index is 0.0151. The Bertz CT molecular complexity index is 493. The fourth-order valence-corrected chi connectivity index (χ4v) is 1.29. The van der Waals surface area contributed by atoms with Crippen molar-refractivity contribution in [2.24, 2.45) is 0 Å². The monoisotopic (exact) mass is 184 g/mol. The van der Waals surface area contributed by atoms with Crippen LogP contribution < -0.4 is 5.73 Å². The summed E-state index contributed by atoms with van der Waals surface area (Å²) in [5, 5.41) is 0.287. The number of anilines is 1. The molecule has 2 heterocycles. The standard InChI is InChI=1S/C6H7N5S/c1-12-5-3-4(9-2-8-3)10-6(7)11-5/h2H,1H3,(H3,7,8,9,10,11)/i1D3. The highest BCUT2D eigenvalue weighted by Gasteiger charge is 2.05. The summed E-state index contributed by atoms with van der Waals surface area (Å²) in [6.45, 7) is 0. The number of rotatable bonds is 1. The Labute approximate surface area is 77.0 Å². The lowest BCUT2D eigenvalue weighted by atomic mass is 10.5. The van der Waals surface area contributed by atoms with E-state index >= 15 is 0 Å². The van der Waals surface area contributed by atoms with Crippen molar-refractivity contribution in [1.29, 1.82) is 0 Å². The number of nitrogen functional groups attached to an aromatic ring is 1. The number of fused-ring (bicyclic) bond motifs is 1. The zero-order chi connectivity index (χ0) is 11.1. The number of aromatic amines is 1. The molecule has 62 valence electrons. The Hall–Kier alpha value is -1.30. The van der Waals surface area contributed by atoms with Gasteiger partial charge in [-0.15, -0.1) is 11.8 Å². The third-order valence-corrected chi connectivity index (χ3v) is 1.86. The van der Waals surface area contributed by atoms with E-state index in [1.165, 1.54) is 6.33 Å². The molecule has 2 aromatic rings. The van der Waals surface area contributed by atoms with Crippen LogP contribution >= 0.6 is 11.8 Å². The van der Waals surface area contributed by atoms with Gasteiger partial charge in [-0.25, -0.2) is 9.97 Å². The first-order valence-corrected chi connectivity index (χ1v) is 3.93. The second-order valence-electron chi connectivity index (χ2n) is 2.09. The summed E-state index contributed by atoms with van der Waals surface area (Å²) >= 11 is 0.647. The molecule has 3 N–H and O–H groups in total. The predicted octanol–water partition coefficient (Wildman–Crippen LogP) is 0.657. The molecule has 5 nitrogen and oxygen atoms in total. The lowest BCUT2D eigenvalue weighted by molar-refractivity contribution is 1.11. The van der Waals surface area contributed by atoms with Gasteiger partial charge in [-0.05, 0) is 6.18 Å². The first-order chi connectivity index (χ1) is 6.96. The molecule has 6 heteroatoms. The summed E-state index contributed by atoms with van der Waals surface area (Å²) in [7, 11) is 0. The molecule has 0 radical (unpaired) electrons. The summed E-state index contributed by atoms with van der Waals surface area (Å²) < 4.78 is 21.4. The number of H-pyrrole nitrogens is 1.